The maximum Gasteiger partial charge on any atom is 0.224 e. The van der Waals surface area contributed by atoms with E-state index in [0.717, 1.165) is 0 Å². The number of fused-ring (bicyclic) bond motifs is 1. The molecule has 1 atom stereocenters. The van der Waals surface area contributed by atoms with E-state index < -0.39 is 0 Å². The van der Waals surface area contributed by atoms with Crippen LogP contribution in [0, 0.1) is 5.92 Å². The molecule has 1 aliphatic rings. The molecule has 1 aromatic rings. The Hall–Kier alpha value is -1.88. The topological polar surface area (TPSA) is 58.6 Å². The lowest BCUT2D eigenvalue weighted by atomic mass is 10.0. The van der Waals surface area contributed by atoms with Crippen molar-refractivity contribution >= 4 is 17.4 Å². The van der Waals surface area contributed by atoms with E-state index in [2.05, 4.69) is 19.2 Å². The van der Waals surface area contributed by atoms with Crippen LogP contribution in [0.4, 0.5) is 5.69 Å². The van der Waals surface area contributed by atoms with Crippen molar-refractivity contribution in [2.75, 3.05) is 25.0 Å². The summed E-state index contributed by atoms with van der Waals surface area (Å²) in [6.45, 7) is 6.85. The lowest BCUT2D eigenvalue weighted by Gasteiger charge is -2.36. The Morgan fingerprint density at radius 1 is 1.41 bits per heavy atom. The molecular weight excluding hydrogens is 280 g/mol. The standard InChI is InChI=1S/C17H24N2O3/c1-11(2)17-10-19(12(3)20)14-9-13(5-6-16(14)22-17)15(21)7-8-18-4/h5-6,9,11,17-18H,7-8,10H2,1-4H3. The summed E-state index contributed by atoms with van der Waals surface area (Å²) >= 11 is 0. The van der Waals surface area contributed by atoms with Gasteiger partial charge in [-0.3, -0.25) is 9.59 Å². The second-order valence-corrected chi connectivity index (χ2v) is 5.99. The van der Waals surface area contributed by atoms with E-state index >= 15 is 0 Å². The number of benzene rings is 1. The van der Waals surface area contributed by atoms with E-state index in [9.17, 15) is 9.59 Å². The van der Waals surface area contributed by atoms with Gasteiger partial charge in [-0.05, 0) is 31.2 Å². The molecule has 0 bridgehead atoms. The Kier molecular flexibility index (Phi) is 5.19. The molecule has 0 aliphatic carbocycles. The number of rotatable bonds is 5. The van der Waals surface area contributed by atoms with Crippen LogP contribution in [0.15, 0.2) is 18.2 Å². The van der Waals surface area contributed by atoms with E-state index in [1.54, 1.807) is 30.0 Å². The molecule has 0 saturated heterocycles. The van der Waals surface area contributed by atoms with Gasteiger partial charge in [0.15, 0.2) is 5.78 Å². The predicted octanol–water partition coefficient (Wildman–Crippen LogP) is 2.25. The summed E-state index contributed by atoms with van der Waals surface area (Å²) in [7, 11) is 1.82. The number of nitrogens with zero attached hydrogens (tertiary/aromatic N) is 1. The Labute approximate surface area is 131 Å². The van der Waals surface area contributed by atoms with Gasteiger partial charge in [-0.1, -0.05) is 13.8 Å². The fourth-order valence-electron chi connectivity index (χ4n) is 2.51. The monoisotopic (exact) mass is 304 g/mol. The number of anilines is 1. The fraction of sp³-hybridized carbons (Fsp3) is 0.529. The first-order valence-electron chi connectivity index (χ1n) is 7.70. The van der Waals surface area contributed by atoms with Gasteiger partial charge in [0.1, 0.15) is 11.9 Å². The van der Waals surface area contributed by atoms with Crippen LogP contribution >= 0.6 is 0 Å². The highest BCUT2D eigenvalue weighted by molar-refractivity contribution is 6.00. The molecule has 5 nitrogen and oxygen atoms in total. The summed E-state index contributed by atoms with van der Waals surface area (Å²) in [6.07, 6.45) is 0.410. The van der Waals surface area contributed by atoms with Crippen LogP contribution in [0.1, 0.15) is 37.6 Å². The van der Waals surface area contributed by atoms with Crippen LogP contribution in [0.5, 0.6) is 5.75 Å². The Bertz CT molecular complexity index is 569. The van der Waals surface area contributed by atoms with Gasteiger partial charge >= 0.3 is 0 Å². The number of hydrogen-bond donors (Lipinski definition) is 1. The van der Waals surface area contributed by atoms with Gasteiger partial charge in [0, 0.05) is 25.5 Å². The molecule has 120 valence electrons. The number of ketones is 1. The molecule has 5 heteroatoms. The van der Waals surface area contributed by atoms with Crippen LogP contribution < -0.4 is 15.0 Å². The highest BCUT2D eigenvalue weighted by Gasteiger charge is 2.30. The molecule has 0 spiro atoms. The summed E-state index contributed by atoms with van der Waals surface area (Å²) in [4.78, 5) is 25.8. The number of ether oxygens (including phenoxy) is 1. The second-order valence-electron chi connectivity index (χ2n) is 5.99. The lowest BCUT2D eigenvalue weighted by molar-refractivity contribution is -0.117. The molecule has 2 rings (SSSR count). The van der Waals surface area contributed by atoms with Crippen molar-refractivity contribution in [2.45, 2.75) is 33.3 Å². The average molecular weight is 304 g/mol. The van der Waals surface area contributed by atoms with Crippen molar-refractivity contribution in [3.8, 4) is 5.75 Å². The Balaban J connectivity index is 2.32. The van der Waals surface area contributed by atoms with Crippen molar-refractivity contribution in [1.29, 1.82) is 0 Å². The highest BCUT2D eigenvalue weighted by atomic mass is 16.5. The molecule has 1 unspecified atom stereocenters. The van der Waals surface area contributed by atoms with Gasteiger partial charge in [0.05, 0.1) is 12.2 Å². The van der Waals surface area contributed by atoms with Gasteiger partial charge in [0.2, 0.25) is 5.91 Å². The van der Waals surface area contributed by atoms with Crippen LogP contribution in [0.3, 0.4) is 0 Å². The van der Waals surface area contributed by atoms with Gasteiger partial charge < -0.3 is 15.0 Å². The van der Waals surface area contributed by atoms with E-state index in [1.807, 2.05) is 7.05 Å². The first kappa shape index (κ1) is 16.5. The number of carbonyl (C=O) groups is 2. The molecule has 0 saturated carbocycles. The van der Waals surface area contributed by atoms with Gasteiger partial charge in [0.25, 0.3) is 0 Å². The zero-order chi connectivity index (χ0) is 16.3. The molecular formula is C17H24N2O3. The van der Waals surface area contributed by atoms with E-state index in [-0.39, 0.29) is 17.8 Å². The van der Waals surface area contributed by atoms with Crippen molar-refractivity contribution < 1.29 is 14.3 Å². The molecule has 1 amide bonds. The summed E-state index contributed by atoms with van der Waals surface area (Å²) < 4.78 is 5.97. The largest absolute Gasteiger partial charge is 0.486 e. The van der Waals surface area contributed by atoms with Crippen molar-refractivity contribution in [1.82, 2.24) is 5.32 Å². The van der Waals surface area contributed by atoms with Crippen molar-refractivity contribution in [3.05, 3.63) is 23.8 Å². The minimum absolute atomic E-state index is 0.0257. The van der Waals surface area contributed by atoms with Crippen molar-refractivity contribution in [2.24, 2.45) is 5.92 Å². The molecule has 1 aliphatic heterocycles. The van der Waals surface area contributed by atoms with Crippen LogP contribution in [0.2, 0.25) is 0 Å². The third-order valence-corrected chi connectivity index (χ3v) is 3.94. The molecule has 1 aromatic carbocycles. The number of hydrogen-bond acceptors (Lipinski definition) is 4. The summed E-state index contributed by atoms with van der Waals surface area (Å²) in [5, 5.41) is 2.97. The van der Waals surface area contributed by atoms with Gasteiger partial charge in [-0.2, -0.15) is 0 Å². The minimum atomic E-state index is -0.0324. The maximum atomic E-state index is 12.2. The number of amides is 1. The van der Waals surface area contributed by atoms with Gasteiger partial charge in [-0.15, -0.1) is 0 Å². The molecule has 22 heavy (non-hydrogen) atoms. The summed E-state index contributed by atoms with van der Waals surface area (Å²) in [6, 6.07) is 5.34. The Morgan fingerprint density at radius 2 is 2.14 bits per heavy atom. The van der Waals surface area contributed by atoms with Crippen molar-refractivity contribution in [3.63, 3.8) is 0 Å². The zero-order valence-corrected chi connectivity index (χ0v) is 13.7. The highest BCUT2D eigenvalue weighted by Crippen LogP contribution is 2.36. The van der Waals surface area contributed by atoms with Crippen LogP contribution in [-0.4, -0.2) is 37.9 Å². The van der Waals surface area contributed by atoms with Gasteiger partial charge in [-0.25, -0.2) is 0 Å². The van der Waals surface area contributed by atoms with Crippen LogP contribution in [-0.2, 0) is 4.79 Å². The zero-order valence-electron chi connectivity index (χ0n) is 13.7. The normalized spacial score (nSPS) is 17.1. The fourth-order valence-corrected chi connectivity index (χ4v) is 2.51. The first-order valence-corrected chi connectivity index (χ1v) is 7.70. The number of nitrogens with one attached hydrogen (secondary N) is 1. The minimum Gasteiger partial charge on any atom is -0.486 e. The molecule has 1 N–H and O–H groups in total. The molecule has 0 aromatic heterocycles. The molecule has 1 heterocycles. The SMILES string of the molecule is CNCCC(=O)c1ccc2c(c1)N(C(C)=O)CC(C(C)C)O2. The third kappa shape index (κ3) is 3.47. The predicted molar refractivity (Wildman–Crippen MR) is 86.6 cm³/mol. The third-order valence-electron chi connectivity index (χ3n) is 3.94. The lowest BCUT2D eigenvalue weighted by Crippen LogP contribution is -2.45. The van der Waals surface area contributed by atoms with Crippen LogP contribution in [0.25, 0.3) is 0 Å². The van der Waals surface area contributed by atoms with E-state index in [4.69, 9.17) is 4.74 Å². The smallest absolute Gasteiger partial charge is 0.224 e. The average Bonchev–Trinajstić information content (AvgIpc) is 2.50. The first-order chi connectivity index (χ1) is 10.4. The van der Waals surface area contributed by atoms with E-state index in [0.29, 0.717) is 42.4 Å². The van der Waals surface area contributed by atoms with E-state index in [1.165, 1.54) is 0 Å². The Morgan fingerprint density at radius 3 is 2.73 bits per heavy atom. The molecule has 0 radical (unpaired) electrons. The summed E-state index contributed by atoms with van der Waals surface area (Å²) in [5.41, 5.74) is 1.31. The number of Topliss-reactive ketones (excluding diaryl/α,β-unsaturated/α-hetero) is 1. The number of carbonyl (C=O) groups excluding carboxylic acids is 2. The maximum absolute atomic E-state index is 12.2. The second kappa shape index (κ2) is 6.92. The quantitative estimate of drug-likeness (QED) is 0.848. The molecule has 0 fully saturated rings. The summed E-state index contributed by atoms with van der Waals surface area (Å²) in [5.74, 6) is 1.01.